The van der Waals surface area contributed by atoms with Gasteiger partial charge in [-0.2, -0.15) is 0 Å². The highest BCUT2D eigenvalue weighted by Gasteiger charge is 2.39. The monoisotopic (exact) mass is 625 g/mol. The number of fused-ring (bicyclic) bond motifs is 1. The van der Waals surface area contributed by atoms with Gasteiger partial charge in [-0.05, 0) is 55.2 Å². The minimum Gasteiger partial charge on any atom is -0.458 e. The predicted octanol–water partition coefficient (Wildman–Crippen LogP) is 8.93. The summed E-state index contributed by atoms with van der Waals surface area (Å²) in [7, 11) is 0. The summed E-state index contributed by atoms with van der Waals surface area (Å²) in [6.45, 7) is 6.33. The number of esters is 1. The number of anilines is 1. The van der Waals surface area contributed by atoms with E-state index in [2.05, 4.69) is 101 Å². The molecule has 5 aromatic carbocycles. The Morgan fingerprint density at radius 3 is 1.72 bits per heavy atom. The molecule has 0 fully saturated rings. The second-order valence-electron chi connectivity index (χ2n) is 12.3. The molecule has 0 saturated heterocycles. The highest BCUT2D eigenvalue weighted by atomic mass is 32.2. The van der Waals surface area contributed by atoms with E-state index in [-0.39, 0.29) is 5.97 Å². The second-order valence-corrected chi connectivity index (χ2v) is 13.6. The molecular formula is C40H39N3O2S. The molecule has 1 N–H and O–H groups in total. The lowest BCUT2D eigenvalue weighted by atomic mass is 9.84. The first-order valence-corrected chi connectivity index (χ1v) is 16.6. The molecule has 6 heteroatoms. The van der Waals surface area contributed by atoms with E-state index < -0.39 is 16.4 Å². The van der Waals surface area contributed by atoms with Crippen molar-refractivity contribution in [2.45, 2.75) is 43.7 Å². The number of hydrogen-bond acceptors (Lipinski definition) is 5. The van der Waals surface area contributed by atoms with Crippen LogP contribution in [0.1, 0.15) is 43.0 Å². The third-order valence-electron chi connectivity index (χ3n) is 7.84. The van der Waals surface area contributed by atoms with Crippen molar-refractivity contribution in [2.24, 2.45) is 0 Å². The van der Waals surface area contributed by atoms with Crippen LogP contribution in [0.3, 0.4) is 0 Å². The lowest BCUT2D eigenvalue weighted by molar-refractivity contribution is -0.155. The molecule has 6 aromatic rings. The van der Waals surface area contributed by atoms with Crippen LogP contribution in [0.25, 0.3) is 11.0 Å². The first-order chi connectivity index (χ1) is 22.3. The van der Waals surface area contributed by atoms with E-state index >= 15 is 0 Å². The van der Waals surface area contributed by atoms with Crippen molar-refractivity contribution >= 4 is 34.7 Å². The van der Waals surface area contributed by atoms with Gasteiger partial charge in [-0.3, -0.25) is 0 Å². The summed E-state index contributed by atoms with van der Waals surface area (Å²) in [4.78, 5) is 19.0. The summed E-state index contributed by atoms with van der Waals surface area (Å²) >= 11 is 1.73. The number of benzene rings is 5. The Balaban J connectivity index is 1.43. The average molecular weight is 626 g/mol. The van der Waals surface area contributed by atoms with E-state index in [1.165, 1.54) is 0 Å². The van der Waals surface area contributed by atoms with Gasteiger partial charge in [0.25, 0.3) is 0 Å². The molecule has 1 heterocycles. The van der Waals surface area contributed by atoms with Crippen LogP contribution in [0.2, 0.25) is 0 Å². The number of carbonyl (C=O) groups excluding carboxylic acids is 1. The van der Waals surface area contributed by atoms with Crippen molar-refractivity contribution in [2.75, 3.05) is 11.1 Å². The maximum atomic E-state index is 14.0. The quantitative estimate of drug-likeness (QED) is 0.115. The predicted molar refractivity (Wildman–Crippen MR) is 190 cm³/mol. The Hall–Kier alpha value is -4.81. The van der Waals surface area contributed by atoms with E-state index in [0.29, 0.717) is 18.2 Å². The van der Waals surface area contributed by atoms with Gasteiger partial charge >= 0.3 is 5.97 Å². The summed E-state index contributed by atoms with van der Waals surface area (Å²) in [5.74, 6) is 0.731. The second kappa shape index (κ2) is 13.7. The zero-order valence-corrected chi connectivity index (χ0v) is 27.3. The van der Waals surface area contributed by atoms with Gasteiger partial charge in [0.2, 0.25) is 5.95 Å². The standard InChI is InChI=1S/C40H39N3O2S/c1-39(2,3)45-37(44)35(42-38-41-34-26-16-17-27-36(34)43(38)28-30-18-8-4-9-19-30)29-46-40(31-20-10-5-11-21-31,32-22-12-6-13-23-32)33-24-14-7-15-25-33/h4-27,35H,28-29H2,1-3H3,(H,41,42)/t35-/m0/s1. The summed E-state index contributed by atoms with van der Waals surface area (Å²) in [6.07, 6.45) is 0. The number of imidazole rings is 1. The highest BCUT2D eigenvalue weighted by molar-refractivity contribution is 8.00. The molecule has 5 nitrogen and oxygen atoms in total. The molecule has 0 aliphatic carbocycles. The number of nitrogens with one attached hydrogen (secondary N) is 1. The molecule has 1 atom stereocenters. The van der Waals surface area contributed by atoms with Gasteiger partial charge in [-0.1, -0.05) is 133 Å². The summed E-state index contributed by atoms with van der Waals surface area (Å²) < 4.78 is 7.59. The zero-order valence-electron chi connectivity index (χ0n) is 26.5. The Kier molecular flexibility index (Phi) is 9.27. The van der Waals surface area contributed by atoms with Gasteiger partial charge in [-0.15, -0.1) is 11.8 Å². The Morgan fingerprint density at radius 1 is 0.717 bits per heavy atom. The topological polar surface area (TPSA) is 56.1 Å². The van der Waals surface area contributed by atoms with E-state index in [0.717, 1.165) is 33.3 Å². The maximum Gasteiger partial charge on any atom is 0.330 e. The van der Waals surface area contributed by atoms with Crippen LogP contribution in [-0.4, -0.2) is 32.9 Å². The number of carbonyl (C=O) groups is 1. The Labute approximate surface area is 275 Å². The van der Waals surface area contributed by atoms with Crippen molar-refractivity contribution in [3.8, 4) is 0 Å². The van der Waals surface area contributed by atoms with Crippen LogP contribution in [-0.2, 0) is 20.8 Å². The number of rotatable bonds is 11. The third kappa shape index (κ3) is 6.87. The number of nitrogens with zero attached hydrogens (tertiary/aromatic N) is 2. The molecule has 0 spiro atoms. The molecule has 0 unspecified atom stereocenters. The minimum absolute atomic E-state index is 0.318. The number of para-hydroxylation sites is 2. The van der Waals surface area contributed by atoms with Crippen LogP contribution in [0.15, 0.2) is 146 Å². The van der Waals surface area contributed by atoms with Crippen LogP contribution < -0.4 is 5.32 Å². The number of thioether (sulfide) groups is 1. The van der Waals surface area contributed by atoms with Crippen LogP contribution in [0.5, 0.6) is 0 Å². The molecule has 0 saturated carbocycles. The van der Waals surface area contributed by atoms with Crippen LogP contribution in [0.4, 0.5) is 5.95 Å². The van der Waals surface area contributed by atoms with Crippen LogP contribution >= 0.6 is 11.8 Å². The number of ether oxygens (including phenoxy) is 1. The van der Waals surface area contributed by atoms with Gasteiger partial charge in [0.05, 0.1) is 22.3 Å². The maximum absolute atomic E-state index is 14.0. The van der Waals surface area contributed by atoms with Gasteiger partial charge in [-0.25, -0.2) is 9.78 Å². The summed E-state index contributed by atoms with van der Waals surface area (Å²) in [5, 5.41) is 3.56. The van der Waals surface area contributed by atoms with Crippen molar-refractivity contribution in [1.29, 1.82) is 0 Å². The van der Waals surface area contributed by atoms with Crippen molar-refractivity contribution in [3.63, 3.8) is 0 Å². The number of hydrogen-bond donors (Lipinski definition) is 1. The Bertz CT molecular complexity index is 1770. The molecule has 6 rings (SSSR count). The summed E-state index contributed by atoms with van der Waals surface area (Å²) in [5.41, 5.74) is 5.76. The summed E-state index contributed by atoms with van der Waals surface area (Å²) in [6, 6.07) is 49.3. The highest BCUT2D eigenvalue weighted by Crippen LogP contribution is 2.48. The van der Waals surface area contributed by atoms with Gasteiger partial charge in [0.1, 0.15) is 11.6 Å². The fourth-order valence-electron chi connectivity index (χ4n) is 5.79. The minimum atomic E-state index is -0.689. The molecule has 0 bridgehead atoms. The molecular weight excluding hydrogens is 587 g/mol. The van der Waals surface area contributed by atoms with Gasteiger partial charge in [0, 0.05) is 5.75 Å². The van der Waals surface area contributed by atoms with Gasteiger partial charge in [0.15, 0.2) is 0 Å². The molecule has 232 valence electrons. The molecule has 0 aliphatic heterocycles. The van der Waals surface area contributed by atoms with E-state index in [9.17, 15) is 4.79 Å². The Morgan fingerprint density at radius 2 is 1.20 bits per heavy atom. The third-order valence-corrected chi connectivity index (χ3v) is 9.48. The fraction of sp³-hybridized carbons (Fsp3) is 0.200. The SMILES string of the molecule is CC(C)(C)OC(=O)[C@H](CSC(c1ccccc1)(c1ccccc1)c1ccccc1)Nc1nc2ccccc2n1Cc1ccccc1. The average Bonchev–Trinajstić information content (AvgIpc) is 3.42. The van der Waals surface area contributed by atoms with E-state index in [1.54, 1.807) is 11.8 Å². The molecule has 0 amide bonds. The first-order valence-electron chi connectivity index (χ1n) is 15.6. The largest absolute Gasteiger partial charge is 0.458 e. The van der Waals surface area contributed by atoms with Crippen molar-refractivity contribution in [1.82, 2.24) is 9.55 Å². The lowest BCUT2D eigenvalue weighted by Gasteiger charge is -2.36. The first kappa shape index (κ1) is 31.2. The molecule has 46 heavy (non-hydrogen) atoms. The van der Waals surface area contributed by atoms with Gasteiger partial charge < -0.3 is 14.6 Å². The smallest absolute Gasteiger partial charge is 0.330 e. The van der Waals surface area contributed by atoms with Crippen molar-refractivity contribution < 1.29 is 9.53 Å². The van der Waals surface area contributed by atoms with Crippen molar-refractivity contribution in [3.05, 3.63) is 168 Å². The number of aromatic nitrogens is 2. The lowest BCUT2D eigenvalue weighted by Crippen LogP contribution is -2.40. The molecule has 0 aliphatic rings. The zero-order chi connectivity index (χ0) is 32.0. The van der Waals surface area contributed by atoms with Crippen LogP contribution in [0, 0.1) is 0 Å². The van der Waals surface area contributed by atoms with E-state index in [1.807, 2.05) is 75.4 Å². The fourth-order valence-corrected chi connectivity index (χ4v) is 7.33. The van der Waals surface area contributed by atoms with E-state index in [4.69, 9.17) is 9.72 Å². The molecule has 1 aromatic heterocycles. The normalized spacial score (nSPS) is 12.5. The molecule has 0 radical (unpaired) electrons.